The quantitative estimate of drug-likeness (QED) is 0.435. The highest BCUT2D eigenvalue weighted by Gasteiger charge is 2.61. The predicted molar refractivity (Wildman–Crippen MR) is 119 cm³/mol. The Labute approximate surface area is 179 Å². The van der Waals surface area contributed by atoms with Crippen molar-refractivity contribution in [3.63, 3.8) is 0 Å². The van der Waals surface area contributed by atoms with Crippen molar-refractivity contribution in [3.8, 4) is 0 Å². The van der Waals surface area contributed by atoms with Crippen molar-refractivity contribution >= 4 is 5.97 Å². The van der Waals surface area contributed by atoms with Gasteiger partial charge in [0.1, 0.15) is 5.60 Å². The second kappa shape index (κ2) is 7.53. The van der Waals surface area contributed by atoms with Crippen molar-refractivity contribution in [2.24, 2.45) is 28.1 Å². The smallest absolute Gasteiger partial charge is 0.312 e. The first-order chi connectivity index (χ1) is 13.4. The highest BCUT2D eigenvalue weighted by atomic mass is 16.6. The molecule has 168 valence electrons. The molecular formula is C26H46O3. The summed E-state index contributed by atoms with van der Waals surface area (Å²) in [5.41, 5.74) is -1.48. The molecule has 1 N–H and O–H groups in total. The van der Waals surface area contributed by atoms with E-state index in [-0.39, 0.29) is 16.8 Å². The summed E-state index contributed by atoms with van der Waals surface area (Å²) in [7, 11) is 0. The molecule has 0 aromatic heterocycles. The maximum absolute atomic E-state index is 14.0. The average molecular weight is 407 g/mol. The van der Waals surface area contributed by atoms with E-state index in [9.17, 15) is 9.90 Å². The van der Waals surface area contributed by atoms with E-state index in [2.05, 4.69) is 48.5 Å². The molecule has 3 nitrogen and oxygen atoms in total. The second-order valence-corrected chi connectivity index (χ2v) is 12.1. The zero-order chi connectivity index (χ0) is 21.7. The van der Waals surface area contributed by atoms with Crippen LogP contribution in [0.1, 0.15) is 119 Å². The summed E-state index contributed by atoms with van der Waals surface area (Å²) in [5.74, 6) is 1.06. The van der Waals surface area contributed by atoms with Gasteiger partial charge in [-0.25, -0.2) is 0 Å². The van der Waals surface area contributed by atoms with Crippen LogP contribution in [-0.2, 0) is 9.53 Å². The SMILES string of the molecule is CCC(C)(CC)CC(C)(C(=O)OC12CC3CC(CC(O)(C3)C1)C2)C(C)(CC)CC. The number of carbonyl (C=O) groups is 1. The van der Waals surface area contributed by atoms with Gasteiger partial charge in [0.05, 0.1) is 11.0 Å². The molecule has 29 heavy (non-hydrogen) atoms. The topological polar surface area (TPSA) is 46.5 Å². The maximum atomic E-state index is 14.0. The normalized spacial score (nSPS) is 36.1. The van der Waals surface area contributed by atoms with E-state index < -0.39 is 16.6 Å². The molecule has 0 aromatic rings. The van der Waals surface area contributed by atoms with Crippen LogP contribution in [0.15, 0.2) is 0 Å². The van der Waals surface area contributed by atoms with Crippen LogP contribution in [0.3, 0.4) is 0 Å². The highest BCUT2D eigenvalue weighted by Crippen LogP contribution is 2.60. The molecule has 0 spiro atoms. The van der Waals surface area contributed by atoms with Crippen molar-refractivity contribution in [3.05, 3.63) is 0 Å². The van der Waals surface area contributed by atoms with Crippen LogP contribution in [0.25, 0.3) is 0 Å². The number of ether oxygens (including phenoxy) is 1. The molecule has 0 radical (unpaired) electrons. The lowest BCUT2D eigenvalue weighted by Gasteiger charge is -2.60. The van der Waals surface area contributed by atoms with Gasteiger partial charge >= 0.3 is 5.97 Å². The summed E-state index contributed by atoms with van der Waals surface area (Å²) in [6.45, 7) is 15.7. The van der Waals surface area contributed by atoms with E-state index in [0.717, 1.165) is 57.8 Å². The van der Waals surface area contributed by atoms with Gasteiger partial charge in [0, 0.05) is 6.42 Å². The van der Waals surface area contributed by atoms with Crippen molar-refractivity contribution in [2.45, 2.75) is 130 Å². The number of rotatable bonds is 9. The van der Waals surface area contributed by atoms with E-state index in [4.69, 9.17) is 4.74 Å². The fourth-order valence-corrected chi connectivity index (χ4v) is 7.48. The molecule has 4 bridgehead atoms. The zero-order valence-electron chi connectivity index (χ0n) is 20.2. The van der Waals surface area contributed by atoms with E-state index in [1.54, 1.807) is 0 Å². The molecule has 0 aliphatic heterocycles. The van der Waals surface area contributed by atoms with Gasteiger partial charge in [-0.2, -0.15) is 0 Å². The van der Waals surface area contributed by atoms with Crippen LogP contribution in [0.2, 0.25) is 0 Å². The standard InChI is InChI=1S/C26H46O3/c1-8-22(5,9-2)17-24(7,23(6,10-3)11-4)21(27)29-26-15-19-12-20(16-26)14-25(28,13-19)18-26/h19-20,28H,8-18H2,1-7H3. The Morgan fingerprint density at radius 3 is 1.86 bits per heavy atom. The van der Waals surface area contributed by atoms with Crippen molar-refractivity contribution in [1.82, 2.24) is 0 Å². The number of hydrogen-bond donors (Lipinski definition) is 1. The Bertz CT molecular complexity index is 601. The first-order valence-electron chi connectivity index (χ1n) is 12.4. The Morgan fingerprint density at radius 1 is 0.931 bits per heavy atom. The molecule has 4 saturated carbocycles. The lowest BCUT2D eigenvalue weighted by atomic mass is 9.52. The predicted octanol–water partition coefficient (Wildman–Crippen LogP) is 6.66. The van der Waals surface area contributed by atoms with E-state index in [1.165, 1.54) is 6.42 Å². The third-order valence-electron chi connectivity index (χ3n) is 10.1. The Hall–Kier alpha value is -0.570. The number of carbonyl (C=O) groups excluding carboxylic acids is 1. The van der Waals surface area contributed by atoms with Gasteiger partial charge in [0.25, 0.3) is 0 Å². The summed E-state index contributed by atoms with van der Waals surface area (Å²) >= 11 is 0. The molecular weight excluding hydrogens is 360 g/mol. The molecule has 0 saturated heterocycles. The van der Waals surface area contributed by atoms with Gasteiger partial charge in [0.15, 0.2) is 0 Å². The number of hydrogen-bond acceptors (Lipinski definition) is 3. The molecule has 3 unspecified atom stereocenters. The van der Waals surface area contributed by atoms with Crippen LogP contribution >= 0.6 is 0 Å². The third kappa shape index (κ3) is 3.90. The van der Waals surface area contributed by atoms with Gasteiger partial charge in [-0.1, -0.05) is 54.4 Å². The van der Waals surface area contributed by atoms with Crippen molar-refractivity contribution in [1.29, 1.82) is 0 Å². The monoisotopic (exact) mass is 406 g/mol. The molecule has 4 aliphatic rings. The van der Waals surface area contributed by atoms with Crippen LogP contribution in [-0.4, -0.2) is 22.3 Å². The van der Waals surface area contributed by atoms with Gasteiger partial charge < -0.3 is 9.84 Å². The van der Waals surface area contributed by atoms with Gasteiger partial charge in [0.2, 0.25) is 0 Å². The summed E-state index contributed by atoms with van der Waals surface area (Å²) in [6, 6.07) is 0. The molecule has 4 rings (SSSR count). The van der Waals surface area contributed by atoms with E-state index in [0.29, 0.717) is 18.3 Å². The lowest BCUT2D eigenvalue weighted by Crippen LogP contribution is -2.61. The second-order valence-electron chi connectivity index (χ2n) is 12.1. The highest BCUT2D eigenvalue weighted by molar-refractivity contribution is 5.78. The summed E-state index contributed by atoms with van der Waals surface area (Å²) < 4.78 is 6.57. The van der Waals surface area contributed by atoms with Crippen molar-refractivity contribution < 1.29 is 14.6 Å². The zero-order valence-corrected chi connectivity index (χ0v) is 20.2. The Balaban J connectivity index is 1.91. The molecule has 4 fully saturated rings. The average Bonchev–Trinajstić information content (AvgIpc) is 2.64. The van der Waals surface area contributed by atoms with Crippen LogP contribution < -0.4 is 0 Å². The molecule has 0 aromatic carbocycles. The van der Waals surface area contributed by atoms with E-state index >= 15 is 0 Å². The Kier molecular flexibility index (Phi) is 6.00. The number of aliphatic hydroxyl groups is 1. The van der Waals surface area contributed by atoms with Crippen LogP contribution in [0, 0.1) is 28.1 Å². The summed E-state index contributed by atoms with van der Waals surface area (Å²) in [6.07, 6.45) is 10.6. The molecule has 3 heteroatoms. The largest absolute Gasteiger partial charge is 0.459 e. The fourth-order valence-electron chi connectivity index (χ4n) is 7.48. The summed E-state index contributed by atoms with van der Waals surface area (Å²) in [4.78, 5) is 14.0. The first kappa shape index (κ1) is 23.1. The van der Waals surface area contributed by atoms with Gasteiger partial charge in [-0.05, 0) is 81.0 Å². The first-order valence-corrected chi connectivity index (χ1v) is 12.4. The van der Waals surface area contributed by atoms with Crippen molar-refractivity contribution in [2.75, 3.05) is 0 Å². The lowest BCUT2D eigenvalue weighted by molar-refractivity contribution is -0.231. The molecule has 0 amide bonds. The minimum absolute atomic E-state index is 0.00220. The minimum Gasteiger partial charge on any atom is -0.459 e. The van der Waals surface area contributed by atoms with Crippen LogP contribution in [0.4, 0.5) is 0 Å². The molecule has 0 heterocycles. The van der Waals surface area contributed by atoms with E-state index in [1.807, 2.05) is 0 Å². The van der Waals surface area contributed by atoms with Crippen LogP contribution in [0.5, 0.6) is 0 Å². The third-order valence-corrected chi connectivity index (χ3v) is 10.1. The van der Waals surface area contributed by atoms with Gasteiger partial charge in [-0.3, -0.25) is 4.79 Å². The molecule has 3 atom stereocenters. The summed E-state index contributed by atoms with van der Waals surface area (Å²) in [5, 5.41) is 11.1. The minimum atomic E-state index is -0.596. The Morgan fingerprint density at radius 2 is 1.45 bits per heavy atom. The number of esters is 1. The fraction of sp³-hybridized carbons (Fsp3) is 0.962. The molecule has 4 aliphatic carbocycles. The van der Waals surface area contributed by atoms with Gasteiger partial charge in [-0.15, -0.1) is 0 Å². The maximum Gasteiger partial charge on any atom is 0.312 e.